The summed E-state index contributed by atoms with van der Waals surface area (Å²) >= 11 is 14.3. The van der Waals surface area contributed by atoms with E-state index in [0.29, 0.717) is 10.6 Å². The van der Waals surface area contributed by atoms with Crippen molar-refractivity contribution in [2.24, 2.45) is 0 Å². The molecular formula is C11H7Br2ClOS. The molecule has 0 aliphatic heterocycles. The topological polar surface area (TPSA) is 20.2 Å². The molecule has 0 saturated heterocycles. The Morgan fingerprint density at radius 3 is 2.62 bits per heavy atom. The molecule has 0 radical (unpaired) electrons. The Morgan fingerprint density at radius 2 is 2.00 bits per heavy atom. The van der Waals surface area contributed by atoms with Gasteiger partial charge in [-0.05, 0) is 45.6 Å². The quantitative estimate of drug-likeness (QED) is 0.774. The first kappa shape index (κ1) is 12.6. The summed E-state index contributed by atoms with van der Waals surface area (Å²) in [6.07, 6.45) is -0.695. The van der Waals surface area contributed by atoms with Crippen LogP contribution in [0, 0.1) is 0 Å². The molecule has 16 heavy (non-hydrogen) atoms. The fourth-order valence-electron chi connectivity index (χ4n) is 1.37. The van der Waals surface area contributed by atoms with Gasteiger partial charge >= 0.3 is 0 Å². The number of aliphatic hydroxyl groups excluding tert-OH is 1. The van der Waals surface area contributed by atoms with Crippen molar-refractivity contribution in [3.8, 4) is 0 Å². The predicted octanol–water partition coefficient (Wildman–Crippen LogP) is 5.01. The summed E-state index contributed by atoms with van der Waals surface area (Å²) in [7, 11) is 0. The second kappa shape index (κ2) is 5.19. The van der Waals surface area contributed by atoms with Gasteiger partial charge in [0.1, 0.15) is 6.10 Å². The fourth-order valence-corrected chi connectivity index (χ4v) is 3.56. The zero-order valence-electron chi connectivity index (χ0n) is 7.95. The van der Waals surface area contributed by atoms with Gasteiger partial charge in [0.2, 0.25) is 0 Å². The van der Waals surface area contributed by atoms with E-state index in [1.165, 1.54) is 11.3 Å². The van der Waals surface area contributed by atoms with Crippen molar-refractivity contribution in [3.05, 3.63) is 54.1 Å². The minimum atomic E-state index is -0.695. The Bertz CT molecular complexity index is 512. The van der Waals surface area contributed by atoms with Gasteiger partial charge in [0.05, 0.1) is 4.88 Å². The molecule has 2 rings (SSSR count). The number of hydrogen-bond acceptors (Lipinski definition) is 2. The lowest BCUT2D eigenvalue weighted by atomic mass is 10.1. The second-order valence-corrected chi connectivity index (χ2v) is 6.33. The molecule has 1 N–H and O–H groups in total. The van der Waals surface area contributed by atoms with Crippen LogP contribution in [0.3, 0.4) is 0 Å². The number of halogens is 3. The van der Waals surface area contributed by atoms with E-state index in [9.17, 15) is 5.11 Å². The Kier molecular flexibility index (Phi) is 4.08. The number of rotatable bonds is 2. The molecule has 0 aliphatic carbocycles. The van der Waals surface area contributed by atoms with Crippen molar-refractivity contribution in [1.29, 1.82) is 0 Å². The van der Waals surface area contributed by atoms with E-state index in [4.69, 9.17) is 11.6 Å². The van der Waals surface area contributed by atoms with Gasteiger partial charge in [-0.15, -0.1) is 11.3 Å². The summed E-state index contributed by atoms with van der Waals surface area (Å²) in [5.41, 5.74) is 0.708. The summed E-state index contributed by atoms with van der Waals surface area (Å²) in [5, 5.41) is 12.7. The highest BCUT2D eigenvalue weighted by Gasteiger charge is 2.18. The van der Waals surface area contributed by atoms with Crippen molar-refractivity contribution >= 4 is 54.8 Å². The zero-order valence-corrected chi connectivity index (χ0v) is 12.7. The van der Waals surface area contributed by atoms with Crippen LogP contribution in [-0.4, -0.2) is 5.11 Å². The van der Waals surface area contributed by atoms with E-state index in [-0.39, 0.29) is 0 Å². The molecule has 0 bridgehead atoms. The molecular weight excluding hydrogens is 375 g/mol. The van der Waals surface area contributed by atoms with E-state index < -0.39 is 6.10 Å². The summed E-state index contributed by atoms with van der Waals surface area (Å²) in [5.74, 6) is 0. The molecule has 0 spiro atoms. The van der Waals surface area contributed by atoms with Gasteiger partial charge in [-0.1, -0.05) is 27.5 Å². The van der Waals surface area contributed by atoms with E-state index in [2.05, 4.69) is 31.9 Å². The summed E-state index contributed by atoms with van der Waals surface area (Å²) in [6.45, 7) is 0. The molecule has 0 saturated carbocycles. The maximum atomic E-state index is 10.2. The minimum absolute atomic E-state index is 0.566. The Morgan fingerprint density at radius 1 is 1.25 bits per heavy atom. The van der Waals surface area contributed by atoms with Gasteiger partial charge in [-0.2, -0.15) is 0 Å². The third kappa shape index (κ3) is 2.51. The fraction of sp³-hybridized carbons (Fsp3) is 0.0909. The average Bonchev–Trinajstić information content (AvgIpc) is 2.67. The van der Waals surface area contributed by atoms with Crippen LogP contribution in [-0.2, 0) is 0 Å². The largest absolute Gasteiger partial charge is 0.383 e. The first-order valence-electron chi connectivity index (χ1n) is 4.45. The molecule has 2 aromatic rings. The van der Waals surface area contributed by atoms with Gasteiger partial charge < -0.3 is 5.11 Å². The third-order valence-corrected chi connectivity index (χ3v) is 4.91. The second-order valence-electron chi connectivity index (χ2n) is 3.20. The monoisotopic (exact) mass is 380 g/mol. The highest BCUT2D eigenvalue weighted by atomic mass is 79.9. The van der Waals surface area contributed by atoms with Crippen LogP contribution in [0.15, 0.2) is 38.6 Å². The number of thiophene rings is 1. The molecule has 84 valence electrons. The molecule has 5 heteroatoms. The lowest BCUT2D eigenvalue weighted by Crippen LogP contribution is -1.98. The van der Waals surface area contributed by atoms with Crippen LogP contribution in [0.1, 0.15) is 16.5 Å². The van der Waals surface area contributed by atoms with Crippen LogP contribution in [0.2, 0.25) is 5.02 Å². The molecule has 0 fully saturated rings. The van der Waals surface area contributed by atoms with Crippen molar-refractivity contribution in [2.45, 2.75) is 6.10 Å². The number of aliphatic hydroxyl groups is 1. The molecule has 1 unspecified atom stereocenters. The molecule has 1 aromatic carbocycles. The van der Waals surface area contributed by atoms with E-state index in [1.807, 2.05) is 23.6 Å². The number of benzene rings is 1. The van der Waals surface area contributed by atoms with Crippen LogP contribution in [0.25, 0.3) is 0 Å². The van der Waals surface area contributed by atoms with Gasteiger partial charge in [0.25, 0.3) is 0 Å². The molecule has 0 amide bonds. The SMILES string of the molecule is OC(c1cc(Br)ccc1Cl)c1sccc1Br. The maximum Gasteiger partial charge on any atom is 0.116 e. The van der Waals surface area contributed by atoms with Crippen molar-refractivity contribution in [2.75, 3.05) is 0 Å². The van der Waals surface area contributed by atoms with Gasteiger partial charge in [-0.25, -0.2) is 0 Å². The van der Waals surface area contributed by atoms with Crippen molar-refractivity contribution in [1.82, 2.24) is 0 Å². The van der Waals surface area contributed by atoms with Crippen LogP contribution in [0.5, 0.6) is 0 Å². The highest BCUT2D eigenvalue weighted by Crippen LogP contribution is 2.36. The summed E-state index contributed by atoms with van der Waals surface area (Å²) in [4.78, 5) is 0.861. The van der Waals surface area contributed by atoms with Crippen molar-refractivity contribution < 1.29 is 5.11 Å². The van der Waals surface area contributed by atoms with Gasteiger partial charge in [-0.3, -0.25) is 0 Å². The van der Waals surface area contributed by atoms with Crippen LogP contribution in [0.4, 0.5) is 0 Å². The predicted molar refractivity (Wildman–Crippen MR) is 75.2 cm³/mol. The Balaban J connectivity index is 2.45. The molecule has 1 heterocycles. The smallest absolute Gasteiger partial charge is 0.116 e. The first-order valence-corrected chi connectivity index (χ1v) is 7.30. The van der Waals surface area contributed by atoms with Gasteiger partial charge in [0.15, 0.2) is 0 Å². The lowest BCUT2D eigenvalue weighted by molar-refractivity contribution is 0.223. The highest BCUT2D eigenvalue weighted by molar-refractivity contribution is 9.10. The minimum Gasteiger partial charge on any atom is -0.383 e. The van der Waals surface area contributed by atoms with E-state index in [1.54, 1.807) is 6.07 Å². The third-order valence-electron chi connectivity index (χ3n) is 2.15. The average molecular weight is 383 g/mol. The lowest BCUT2D eigenvalue weighted by Gasteiger charge is -2.12. The Hall–Kier alpha value is 0.130. The van der Waals surface area contributed by atoms with Crippen molar-refractivity contribution in [3.63, 3.8) is 0 Å². The standard InChI is InChI=1S/C11H7Br2ClOS/c12-6-1-2-9(14)7(5-6)10(15)11-8(13)3-4-16-11/h1-5,10,15H. The zero-order chi connectivity index (χ0) is 11.7. The molecule has 0 aliphatic rings. The maximum absolute atomic E-state index is 10.2. The number of hydrogen-bond donors (Lipinski definition) is 1. The van der Waals surface area contributed by atoms with E-state index in [0.717, 1.165) is 13.8 Å². The molecule has 1 aromatic heterocycles. The normalized spacial score (nSPS) is 12.8. The van der Waals surface area contributed by atoms with Crippen LogP contribution >= 0.6 is 54.8 Å². The van der Waals surface area contributed by atoms with Crippen LogP contribution < -0.4 is 0 Å². The Labute approximate surface area is 119 Å². The van der Waals surface area contributed by atoms with Gasteiger partial charge in [0, 0.05) is 19.5 Å². The molecule has 1 nitrogen and oxygen atoms in total. The summed E-state index contributed by atoms with van der Waals surface area (Å²) < 4.78 is 1.81. The van der Waals surface area contributed by atoms with E-state index >= 15 is 0 Å². The summed E-state index contributed by atoms with van der Waals surface area (Å²) in [6, 6.07) is 7.36. The molecule has 1 atom stereocenters. The first-order chi connectivity index (χ1) is 7.59.